The van der Waals surface area contributed by atoms with Gasteiger partial charge in [0.05, 0.1) is 16.9 Å². The van der Waals surface area contributed by atoms with E-state index < -0.39 is 10.0 Å². The van der Waals surface area contributed by atoms with Crippen LogP contribution in [0, 0.1) is 11.3 Å². The summed E-state index contributed by atoms with van der Waals surface area (Å²) in [5, 5.41) is 6.45. The van der Waals surface area contributed by atoms with Gasteiger partial charge < -0.3 is 10.6 Å². The molecule has 1 aromatic carbocycles. The first-order chi connectivity index (χ1) is 12.0. The molecule has 6 nitrogen and oxygen atoms in total. The number of rotatable bonds is 3. The highest BCUT2D eigenvalue weighted by Gasteiger charge is 2.49. The molecule has 1 saturated carbocycles. The molecule has 1 aromatic rings. The Morgan fingerprint density at radius 2 is 2.16 bits per heavy atom. The van der Waals surface area contributed by atoms with Gasteiger partial charge in [0.25, 0.3) is 0 Å². The monoisotopic (exact) mass is 363 g/mol. The average Bonchev–Trinajstić information content (AvgIpc) is 3.18. The number of fused-ring (bicyclic) bond motifs is 1. The van der Waals surface area contributed by atoms with Gasteiger partial charge in [-0.25, -0.2) is 8.42 Å². The van der Waals surface area contributed by atoms with Crippen LogP contribution >= 0.6 is 0 Å². The van der Waals surface area contributed by atoms with Crippen molar-refractivity contribution >= 4 is 27.3 Å². The first kappa shape index (κ1) is 16.8. The van der Waals surface area contributed by atoms with Crippen molar-refractivity contribution in [3.63, 3.8) is 0 Å². The zero-order chi connectivity index (χ0) is 17.5. The molecule has 2 saturated heterocycles. The number of hydrogen-bond acceptors (Lipinski definition) is 4. The van der Waals surface area contributed by atoms with Gasteiger partial charge in [0.1, 0.15) is 0 Å². The first-order valence-corrected chi connectivity index (χ1v) is 10.7. The zero-order valence-corrected chi connectivity index (χ0v) is 15.1. The normalized spacial score (nSPS) is 30.9. The van der Waals surface area contributed by atoms with E-state index in [1.54, 1.807) is 12.1 Å². The molecular weight excluding hydrogens is 338 g/mol. The maximum absolute atomic E-state index is 13.0. The quantitative estimate of drug-likeness (QED) is 0.860. The Labute approximate surface area is 149 Å². The molecule has 0 aromatic heterocycles. The van der Waals surface area contributed by atoms with E-state index in [4.69, 9.17) is 0 Å². The molecule has 2 N–H and O–H groups in total. The molecule has 2 aliphatic heterocycles. The lowest BCUT2D eigenvalue weighted by atomic mass is 9.67. The molecule has 3 aliphatic rings. The Kier molecular flexibility index (Phi) is 4.24. The predicted molar refractivity (Wildman–Crippen MR) is 98.1 cm³/mol. The molecule has 0 spiro atoms. The Hall–Kier alpha value is -1.60. The van der Waals surface area contributed by atoms with Crippen LogP contribution in [0.4, 0.5) is 11.4 Å². The van der Waals surface area contributed by atoms with Crippen molar-refractivity contribution < 1.29 is 13.2 Å². The van der Waals surface area contributed by atoms with Crippen LogP contribution in [0.2, 0.25) is 0 Å². The molecule has 0 radical (unpaired) electrons. The number of hydrogen-bond donors (Lipinski definition) is 2. The summed E-state index contributed by atoms with van der Waals surface area (Å²) in [6.45, 7) is 2.17. The van der Waals surface area contributed by atoms with Crippen LogP contribution in [-0.2, 0) is 14.8 Å². The molecule has 0 bridgehead atoms. The van der Waals surface area contributed by atoms with Gasteiger partial charge in [0.2, 0.25) is 15.9 Å². The molecule has 1 aliphatic carbocycles. The van der Waals surface area contributed by atoms with Crippen LogP contribution in [-0.4, -0.2) is 39.7 Å². The van der Waals surface area contributed by atoms with E-state index in [1.165, 1.54) is 10.7 Å². The molecule has 2 heterocycles. The second-order valence-corrected chi connectivity index (χ2v) is 9.49. The summed E-state index contributed by atoms with van der Waals surface area (Å²) in [6.07, 6.45) is 4.97. The molecule has 2 atom stereocenters. The number of sulfonamides is 1. The van der Waals surface area contributed by atoms with Gasteiger partial charge in [0, 0.05) is 18.8 Å². The number of nitrogens with zero attached hydrogens (tertiary/aromatic N) is 1. The van der Waals surface area contributed by atoms with Crippen molar-refractivity contribution in [2.45, 2.75) is 32.1 Å². The largest absolute Gasteiger partial charge is 0.325 e. The summed E-state index contributed by atoms with van der Waals surface area (Å²) in [7, 11) is -3.21. The first-order valence-electron chi connectivity index (χ1n) is 9.14. The molecule has 1 amide bonds. The van der Waals surface area contributed by atoms with Gasteiger partial charge in [-0.3, -0.25) is 9.10 Å². The van der Waals surface area contributed by atoms with Crippen LogP contribution in [0.1, 0.15) is 32.1 Å². The van der Waals surface area contributed by atoms with E-state index in [1.807, 2.05) is 12.1 Å². The Morgan fingerprint density at radius 1 is 1.28 bits per heavy atom. The molecule has 3 fully saturated rings. The lowest BCUT2D eigenvalue weighted by Crippen LogP contribution is -2.44. The zero-order valence-electron chi connectivity index (χ0n) is 14.3. The topological polar surface area (TPSA) is 78.5 Å². The van der Waals surface area contributed by atoms with Crippen molar-refractivity contribution in [1.29, 1.82) is 0 Å². The Balaban J connectivity index is 1.55. The fourth-order valence-corrected chi connectivity index (χ4v) is 6.17. The molecule has 0 unspecified atom stereocenters. The highest BCUT2D eigenvalue weighted by atomic mass is 32.2. The van der Waals surface area contributed by atoms with Crippen molar-refractivity contribution in [1.82, 2.24) is 5.32 Å². The molecule has 4 rings (SSSR count). The second kappa shape index (κ2) is 6.29. The van der Waals surface area contributed by atoms with Gasteiger partial charge in [-0.2, -0.15) is 0 Å². The van der Waals surface area contributed by atoms with Gasteiger partial charge in [0.15, 0.2) is 0 Å². The molecule has 25 heavy (non-hydrogen) atoms. The number of anilines is 2. The fraction of sp³-hybridized carbons (Fsp3) is 0.611. The third-order valence-electron chi connectivity index (χ3n) is 5.98. The lowest BCUT2D eigenvalue weighted by molar-refractivity contribution is -0.128. The highest BCUT2D eigenvalue weighted by Crippen LogP contribution is 2.44. The average molecular weight is 363 g/mol. The summed E-state index contributed by atoms with van der Waals surface area (Å²) in [6, 6.07) is 7.21. The summed E-state index contributed by atoms with van der Waals surface area (Å²) in [5.74, 6) is 0.673. The van der Waals surface area contributed by atoms with Gasteiger partial charge in [-0.1, -0.05) is 18.9 Å². The lowest BCUT2D eigenvalue weighted by Gasteiger charge is -2.37. The van der Waals surface area contributed by atoms with Crippen LogP contribution in [0.5, 0.6) is 0 Å². The Bertz CT molecular complexity index is 780. The SMILES string of the molecule is O=C(Nc1cccc(N2CCCS2(=O)=O)c1)[C@@]12CCCC[C@H]1CNC2. The number of amides is 1. The second-order valence-electron chi connectivity index (χ2n) is 7.48. The van der Waals surface area contributed by atoms with E-state index in [2.05, 4.69) is 10.6 Å². The third-order valence-corrected chi connectivity index (χ3v) is 7.85. The highest BCUT2D eigenvalue weighted by molar-refractivity contribution is 7.93. The number of carbonyl (C=O) groups excluding carboxylic acids is 1. The standard InChI is InChI=1S/C18H25N3O3S/c22-17(18-8-2-1-5-14(18)12-19-13-18)20-15-6-3-7-16(11-15)21-9-4-10-25(21,23)24/h3,6-7,11,14,19H,1-2,4-5,8-10,12-13H2,(H,20,22)/t14-,18+/m0/s1. The summed E-state index contributed by atoms with van der Waals surface area (Å²) < 4.78 is 25.7. The number of nitrogens with one attached hydrogen (secondary N) is 2. The summed E-state index contributed by atoms with van der Waals surface area (Å²) >= 11 is 0. The van der Waals surface area contributed by atoms with E-state index in [0.717, 1.165) is 32.4 Å². The maximum Gasteiger partial charge on any atom is 0.235 e. The van der Waals surface area contributed by atoms with Crippen molar-refractivity contribution in [2.24, 2.45) is 11.3 Å². The number of benzene rings is 1. The van der Waals surface area contributed by atoms with Crippen molar-refractivity contribution in [3.8, 4) is 0 Å². The van der Waals surface area contributed by atoms with Crippen molar-refractivity contribution in [3.05, 3.63) is 24.3 Å². The van der Waals surface area contributed by atoms with Crippen LogP contribution in [0.3, 0.4) is 0 Å². The smallest absolute Gasteiger partial charge is 0.235 e. The Morgan fingerprint density at radius 3 is 2.96 bits per heavy atom. The summed E-state index contributed by atoms with van der Waals surface area (Å²) in [4.78, 5) is 13.0. The third kappa shape index (κ3) is 2.93. The van der Waals surface area contributed by atoms with E-state index >= 15 is 0 Å². The van der Waals surface area contributed by atoms with Gasteiger partial charge in [-0.05, 0) is 49.9 Å². The van der Waals surface area contributed by atoms with Crippen LogP contribution < -0.4 is 14.9 Å². The van der Waals surface area contributed by atoms with Crippen LogP contribution in [0.15, 0.2) is 24.3 Å². The van der Waals surface area contributed by atoms with Crippen LogP contribution in [0.25, 0.3) is 0 Å². The molecule has 136 valence electrons. The number of carbonyl (C=O) groups is 1. The predicted octanol–water partition coefficient (Wildman–Crippen LogP) is 1.94. The van der Waals surface area contributed by atoms with Crippen molar-refractivity contribution in [2.75, 3.05) is 35.0 Å². The minimum absolute atomic E-state index is 0.0728. The summed E-state index contributed by atoms with van der Waals surface area (Å²) in [5.41, 5.74) is 1.00. The molecular formula is C18H25N3O3S. The minimum Gasteiger partial charge on any atom is -0.325 e. The maximum atomic E-state index is 13.0. The van der Waals surface area contributed by atoms with E-state index in [0.29, 0.717) is 30.3 Å². The van der Waals surface area contributed by atoms with Gasteiger partial charge in [-0.15, -0.1) is 0 Å². The van der Waals surface area contributed by atoms with Gasteiger partial charge >= 0.3 is 0 Å². The minimum atomic E-state index is -3.21. The van der Waals surface area contributed by atoms with E-state index in [-0.39, 0.29) is 17.1 Å². The molecule has 7 heteroatoms. The fourth-order valence-electron chi connectivity index (χ4n) is 4.61. The van der Waals surface area contributed by atoms with E-state index in [9.17, 15) is 13.2 Å².